The molecular weight excluding hydrogens is 270 g/mol. The van der Waals surface area contributed by atoms with Crippen LogP contribution in [0.4, 0.5) is 0 Å². The van der Waals surface area contributed by atoms with E-state index in [-0.39, 0.29) is 5.91 Å². The van der Waals surface area contributed by atoms with Gasteiger partial charge in [-0.15, -0.1) is 0 Å². The predicted molar refractivity (Wildman–Crippen MR) is 77.4 cm³/mol. The lowest BCUT2D eigenvalue weighted by Gasteiger charge is -2.10. The fourth-order valence-electron chi connectivity index (χ4n) is 2.91. The minimum absolute atomic E-state index is 0.195. The van der Waals surface area contributed by atoms with Crippen molar-refractivity contribution in [1.82, 2.24) is 5.32 Å². The average Bonchev–Trinajstić information content (AvgIpc) is 3.01. The second-order valence-corrected chi connectivity index (χ2v) is 6.03. The Bertz CT molecular complexity index is 553. The highest BCUT2D eigenvalue weighted by Crippen LogP contribution is 2.58. The number of methoxy groups -OCH3 is 1. The van der Waals surface area contributed by atoms with Crippen molar-refractivity contribution in [2.45, 2.75) is 27.0 Å². The van der Waals surface area contributed by atoms with E-state index in [1.807, 2.05) is 38.1 Å². The largest absolute Gasteiger partial charge is 0.481 e. The molecule has 0 unspecified atom stereocenters. The predicted octanol–water partition coefficient (Wildman–Crippen LogP) is 1.81. The van der Waals surface area contributed by atoms with Crippen LogP contribution in [0, 0.1) is 17.3 Å². The second-order valence-electron chi connectivity index (χ2n) is 6.03. The Morgan fingerprint density at radius 3 is 2.38 bits per heavy atom. The SMILES string of the molecule is COCc1ccccc1CNC(=O)[C@@H]1[C@H](C(=O)O)C1(C)C. The van der Waals surface area contributed by atoms with Crippen LogP contribution >= 0.6 is 0 Å². The highest BCUT2D eigenvalue weighted by Gasteiger charge is 2.65. The Labute approximate surface area is 124 Å². The van der Waals surface area contributed by atoms with Crippen molar-refractivity contribution >= 4 is 11.9 Å². The molecular formula is C16H21NO4. The van der Waals surface area contributed by atoms with Crippen LogP contribution < -0.4 is 5.32 Å². The molecule has 21 heavy (non-hydrogen) atoms. The van der Waals surface area contributed by atoms with Crippen LogP contribution in [0.3, 0.4) is 0 Å². The average molecular weight is 291 g/mol. The third kappa shape index (κ3) is 3.08. The zero-order valence-electron chi connectivity index (χ0n) is 12.6. The van der Waals surface area contributed by atoms with E-state index < -0.39 is 23.2 Å². The monoisotopic (exact) mass is 291 g/mol. The van der Waals surface area contributed by atoms with E-state index in [2.05, 4.69) is 5.32 Å². The number of carboxylic acids is 1. The smallest absolute Gasteiger partial charge is 0.307 e. The van der Waals surface area contributed by atoms with Gasteiger partial charge in [0.15, 0.2) is 0 Å². The third-order valence-corrected chi connectivity index (χ3v) is 4.25. The number of hydrogen-bond donors (Lipinski definition) is 2. The fraction of sp³-hybridized carbons (Fsp3) is 0.500. The summed E-state index contributed by atoms with van der Waals surface area (Å²) in [6.07, 6.45) is 0. The molecule has 0 radical (unpaired) electrons. The Morgan fingerprint density at radius 2 is 1.86 bits per heavy atom. The molecule has 0 heterocycles. The summed E-state index contributed by atoms with van der Waals surface area (Å²) in [6.45, 7) is 4.50. The minimum Gasteiger partial charge on any atom is -0.481 e. The zero-order chi connectivity index (χ0) is 15.6. The number of amides is 1. The van der Waals surface area contributed by atoms with Crippen molar-refractivity contribution in [2.75, 3.05) is 7.11 Å². The number of hydrogen-bond acceptors (Lipinski definition) is 3. The van der Waals surface area contributed by atoms with Crippen LogP contribution in [-0.2, 0) is 27.5 Å². The molecule has 1 aliphatic carbocycles. The highest BCUT2D eigenvalue weighted by molar-refractivity contribution is 5.91. The molecule has 0 aromatic heterocycles. The molecule has 2 N–H and O–H groups in total. The first-order chi connectivity index (χ1) is 9.89. The molecule has 5 heteroatoms. The van der Waals surface area contributed by atoms with E-state index in [4.69, 9.17) is 9.84 Å². The Morgan fingerprint density at radius 1 is 1.24 bits per heavy atom. The zero-order valence-corrected chi connectivity index (χ0v) is 12.6. The molecule has 0 spiro atoms. The molecule has 2 atom stereocenters. The number of ether oxygens (including phenoxy) is 1. The topological polar surface area (TPSA) is 75.6 Å². The number of aliphatic carboxylic acids is 1. The molecule has 1 saturated carbocycles. The number of carbonyl (C=O) groups is 2. The van der Waals surface area contributed by atoms with Crippen molar-refractivity contribution in [3.05, 3.63) is 35.4 Å². The van der Waals surface area contributed by atoms with Crippen molar-refractivity contribution < 1.29 is 19.4 Å². The van der Waals surface area contributed by atoms with Crippen LogP contribution in [0.1, 0.15) is 25.0 Å². The summed E-state index contributed by atoms with van der Waals surface area (Å²) < 4.78 is 5.13. The maximum atomic E-state index is 12.2. The molecule has 0 aliphatic heterocycles. The second kappa shape index (κ2) is 5.85. The van der Waals surface area contributed by atoms with E-state index >= 15 is 0 Å². The van der Waals surface area contributed by atoms with Gasteiger partial charge in [0.1, 0.15) is 0 Å². The number of rotatable bonds is 6. The maximum absolute atomic E-state index is 12.2. The van der Waals surface area contributed by atoms with Crippen LogP contribution in [-0.4, -0.2) is 24.1 Å². The molecule has 1 fully saturated rings. The van der Waals surface area contributed by atoms with Crippen molar-refractivity contribution in [1.29, 1.82) is 0 Å². The summed E-state index contributed by atoms with van der Waals surface area (Å²) in [7, 11) is 1.62. The molecule has 5 nitrogen and oxygen atoms in total. The van der Waals surface area contributed by atoms with E-state index in [0.717, 1.165) is 11.1 Å². The first kappa shape index (κ1) is 15.5. The van der Waals surface area contributed by atoms with E-state index in [1.54, 1.807) is 7.11 Å². The van der Waals surface area contributed by atoms with E-state index in [9.17, 15) is 9.59 Å². The van der Waals surface area contributed by atoms with Gasteiger partial charge < -0.3 is 15.2 Å². The number of carboxylic acid groups (broad SMARTS) is 1. The quantitative estimate of drug-likeness (QED) is 0.838. The van der Waals surface area contributed by atoms with Gasteiger partial charge >= 0.3 is 5.97 Å². The van der Waals surface area contributed by atoms with Crippen LogP contribution in [0.2, 0.25) is 0 Å². The van der Waals surface area contributed by atoms with Gasteiger partial charge in [0.05, 0.1) is 18.4 Å². The Kier molecular flexibility index (Phi) is 4.32. The summed E-state index contributed by atoms with van der Waals surface area (Å²) >= 11 is 0. The first-order valence-corrected chi connectivity index (χ1v) is 6.95. The van der Waals surface area contributed by atoms with Gasteiger partial charge in [-0.05, 0) is 16.5 Å². The van der Waals surface area contributed by atoms with Gasteiger partial charge in [0.25, 0.3) is 0 Å². The van der Waals surface area contributed by atoms with Crippen molar-refractivity contribution in [3.63, 3.8) is 0 Å². The lowest BCUT2D eigenvalue weighted by Crippen LogP contribution is -2.27. The molecule has 1 aromatic carbocycles. The van der Waals surface area contributed by atoms with Gasteiger partial charge in [-0.25, -0.2) is 0 Å². The van der Waals surface area contributed by atoms with Crippen LogP contribution in [0.15, 0.2) is 24.3 Å². The molecule has 0 saturated heterocycles. The highest BCUT2D eigenvalue weighted by atomic mass is 16.5. The lowest BCUT2D eigenvalue weighted by molar-refractivity contribution is -0.140. The molecule has 1 aromatic rings. The summed E-state index contributed by atoms with van der Waals surface area (Å²) in [5, 5.41) is 12.0. The normalized spacial score (nSPS) is 22.6. The fourth-order valence-corrected chi connectivity index (χ4v) is 2.91. The van der Waals surface area contributed by atoms with Crippen molar-refractivity contribution in [2.24, 2.45) is 17.3 Å². The van der Waals surface area contributed by atoms with Gasteiger partial charge in [-0.2, -0.15) is 0 Å². The number of benzene rings is 1. The first-order valence-electron chi connectivity index (χ1n) is 6.95. The van der Waals surface area contributed by atoms with Crippen LogP contribution in [0.25, 0.3) is 0 Å². The summed E-state index contributed by atoms with van der Waals surface area (Å²) in [6, 6.07) is 7.71. The summed E-state index contributed by atoms with van der Waals surface area (Å²) in [5.41, 5.74) is 1.53. The molecule has 114 valence electrons. The molecule has 1 amide bonds. The van der Waals surface area contributed by atoms with Crippen LogP contribution in [0.5, 0.6) is 0 Å². The van der Waals surface area contributed by atoms with Gasteiger partial charge in [0.2, 0.25) is 5.91 Å². The van der Waals surface area contributed by atoms with E-state index in [1.165, 1.54) is 0 Å². The molecule has 0 bridgehead atoms. The van der Waals surface area contributed by atoms with Gasteiger partial charge in [-0.3, -0.25) is 9.59 Å². The summed E-state index contributed by atoms with van der Waals surface area (Å²) in [4.78, 5) is 23.3. The minimum atomic E-state index is -0.903. The molecule has 1 aliphatic rings. The molecule has 2 rings (SSSR count). The van der Waals surface area contributed by atoms with Crippen molar-refractivity contribution in [3.8, 4) is 0 Å². The lowest BCUT2D eigenvalue weighted by atomic mass is 10.1. The Balaban J connectivity index is 1.98. The van der Waals surface area contributed by atoms with Gasteiger partial charge in [0, 0.05) is 13.7 Å². The number of carbonyl (C=O) groups excluding carboxylic acids is 1. The van der Waals surface area contributed by atoms with Gasteiger partial charge in [-0.1, -0.05) is 38.1 Å². The third-order valence-electron chi connectivity index (χ3n) is 4.25. The number of nitrogens with one attached hydrogen (secondary N) is 1. The maximum Gasteiger partial charge on any atom is 0.307 e. The summed E-state index contributed by atoms with van der Waals surface area (Å²) in [5.74, 6) is -2.14. The van der Waals surface area contributed by atoms with E-state index in [0.29, 0.717) is 13.2 Å². The Hall–Kier alpha value is -1.88. The standard InChI is InChI=1S/C16H21NO4/c1-16(2)12(13(16)15(19)20)14(18)17-8-10-6-4-5-7-11(10)9-21-3/h4-7,12-13H,8-9H2,1-3H3,(H,17,18)(H,19,20)/t12-,13+/m0/s1.